The minimum absolute atomic E-state index is 0.110. The zero-order chi connectivity index (χ0) is 13.9. The van der Waals surface area contributed by atoms with Crippen molar-refractivity contribution in [2.75, 3.05) is 14.1 Å². The fraction of sp³-hybridized carbons (Fsp3) is 0.500. The number of aliphatic carboxylic acids is 1. The molecule has 0 saturated carbocycles. The van der Waals surface area contributed by atoms with Crippen molar-refractivity contribution in [1.82, 2.24) is 4.90 Å². The van der Waals surface area contributed by atoms with Crippen molar-refractivity contribution in [3.8, 4) is 5.75 Å². The molecule has 0 radical (unpaired) electrons. The van der Waals surface area contributed by atoms with Gasteiger partial charge in [0.05, 0.1) is 6.10 Å². The Morgan fingerprint density at radius 2 is 1.94 bits per heavy atom. The summed E-state index contributed by atoms with van der Waals surface area (Å²) in [5.41, 5.74) is 1.72. The van der Waals surface area contributed by atoms with E-state index < -0.39 is 12.0 Å². The molecule has 1 unspecified atom stereocenters. The number of nitrogens with zero attached hydrogens (tertiary/aromatic N) is 1. The van der Waals surface area contributed by atoms with E-state index in [1.165, 1.54) is 0 Å². The zero-order valence-corrected chi connectivity index (χ0v) is 11.6. The first-order valence-electron chi connectivity index (χ1n) is 5.99. The summed E-state index contributed by atoms with van der Waals surface area (Å²) in [4.78, 5) is 12.9. The molecule has 0 bridgehead atoms. The average molecular weight is 251 g/mol. The molecule has 1 rings (SSSR count). The normalized spacial score (nSPS) is 12.8. The predicted octanol–water partition coefficient (Wildman–Crippen LogP) is 2.47. The predicted molar refractivity (Wildman–Crippen MR) is 71.0 cm³/mol. The molecular weight excluding hydrogens is 230 g/mol. The first kappa shape index (κ1) is 14.5. The van der Waals surface area contributed by atoms with E-state index in [0.717, 1.165) is 16.9 Å². The number of rotatable bonds is 5. The van der Waals surface area contributed by atoms with Gasteiger partial charge in [0.1, 0.15) is 11.8 Å². The van der Waals surface area contributed by atoms with Crippen molar-refractivity contribution in [2.45, 2.75) is 32.9 Å². The van der Waals surface area contributed by atoms with E-state index in [9.17, 15) is 9.90 Å². The fourth-order valence-corrected chi connectivity index (χ4v) is 1.89. The molecule has 1 aromatic rings. The molecule has 4 heteroatoms. The van der Waals surface area contributed by atoms with E-state index in [0.29, 0.717) is 0 Å². The Morgan fingerprint density at radius 1 is 1.33 bits per heavy atom. The highest BCUT2D eigenvalue weighted by Gasteiger charge is 2.22. The molecule has 100 valence electrons. The van der Waals surface area contributed by atoms with Gasteiger partial charge in [-0.25, -0.2) is 0 Å². The Kier molecular flexibility index (Phi) is 4.73. The largest absolute Gasteiger partial charge is 0.491 e. The van der Waals surface area contributed by atoms with Gasteiger partial charge < -0.3 is 9.84 Å². The van der Waals surface area contributed by atoms with Crippen LogP contribution in [0.25, 0.3) is 0 Å². The van der Waals surface area contributed by atoms with Gasteiger partial charge in [0.15, 0.2) is 0 Å². The summed E-state index contributed by atoms with van der Waals surface area (Å²) in [7, 11) is 3.51. The highest BCUT2D eigenvalue weighted by atomic mass is 16.5. The summed E-state index contributed by atoms with van der Waals surface area (Å²) < 4.78 is 5.64. The molecule has 18 heavy (non-hydrogen) atoms. The third-order valence-electron chi connectivity index (χ3n) is 2.63. The molecular formula is C14H21NO3. The van der Waals surface area contributed by atoms with Gasteiger partial charge in [-0.1, -0.05) is 12.1 Å². The molecule has 0 aliphatic carbocycles. The molecule has 0 heterocycles. The Labute approximate surface area is 108 Å². The quantitative estimate of drug-likeness (QED) is 0.873. The van der Waals surface area contributed by atoms with E-state index in [1.807, 2.05) is 39.0 Å². The van der Waals surface area contributed by atoms with Crippen LogP contribution in [0.5, 0.6) is 5.75 Å². The number of hydrogen-bond acceptors (Lipinski definition) is 3. The van der Waals surface area contributed by atoms with Crippen LogP contribution < -0.4 is 4.74 Å². The van der Waals surface area contributed by atoms with Crippen LogP contribution in [-0.4, -0.2) is 36.2 Å². The number of hydrogen-bond donors (Lipinski definition) is 1. The van der Waals surface area contributed by atoms with E-state index in [4.69, 9.17) is 4.74 Å². The van der Waals surface area contributed by atoms with Crippen molar-refractivity contribution in [2.24, 2.45) is 0 Å². The Bertz CT molecular complexity index is 427. The molecule has 1 atom stereocenters. The number of carbonyl (C=O) groups is 1. The minimum Gasteiger partial charge on any atom is -0.491 e. The Balaban J connectivity index is 3.05. The first-order valence-corrected chi connectivity index (χ1v) is 5.99. The van der Waals surface area contributed by atoms with Gasteiger partial charge in [-0.15, -0.1) is 0 Å². The summed E-state index contributed by atoms with van der Waals surface area (Å²) in [5.74, 6) is -0.0476. The van der Waals surface area contributed by atoms with Crippen molar-refractivity contribution in [3.05, 3.63) is 29.3 Å². The maximum absolute atomic E-state index is 11.2. The lowest BCUT2D eigenvalue weighted by Crippen LogP contribution is -2.27. The van der Waals surface area contributed by atoms with Crippen molar-refractivity contribution in [1.29, 1.82) is 0 Å². The standard InChI is InChI=1S/C14H21NO3/c1-9(2)18-12-7-6-11(8-10(12)3)13(14(16)17)15(4)5/h6-9,13H,1-5H3,(H,16,17). The summed E-state index contributed by atoms with van der Waals surface area (Å²) >= 11 is 0. The van der Waals surface area contributed by atoms with Gasteiger partial charge in [-0.2, -0.15) is 0 Å². The van der Waals surface area contributed by atoms with E-state index >= 15 is 0 Å². The van der Waals surface area contributed by atoms with Crippen LogP contribution in [0.1, 0.15) is 31.0 Å². The maximum Gasteiger partial charge on any atom is 0.325 e. The molecule has 0 saturated heterocycles. The second-order valence-electron chi connectivity index (χ2n) is 4.90. The number of likely N-dealkylation sites (N-methyl/N-ethyl adjacent to an activating group) is 1. The minimum atomic E-state index is -0.850. The molecule has 4 nitrogen and oxygen atoms in total. The summed E-state index contributed by atoms with van der Waals surface area (Å²) in [6.45, 7) is 5.86. The zero-order valence-electron chi connectivity index (χ0n) is 11.6. The Hall–Kier alpha value is -1.55. The third-order valence-corrected chi connectivity index (χ3v) is 2.63. The molecule has 0 aliphatic heterocycles. The van der Waals surface area contributed by atoms with Gasteiger partial charge in [0.25, 0.3) is 0 Å². The molecule has 0 amide bonds. The second kappa shape index (κ2) is 5.87. The highest BCUT2D eigenvalue weighted by Crippen LogP contribution is 2.26. The average Bonchev–Trinajstić information content (AvgIpc) is 2.20. The molecule has 0 fully saturated rings. The number of carboxylic acid groups (broad SMARTS) is 1. The van der Waals surface area contributed by atoms with Gasteiger partial charge in [0, 0.05) is 0 Å². The summed E-state index contributed by atoms with van der Waals surface area (Å²) in [5, 5.41) is 9.23. The van der Waals surface area contributed by atoms with Gasteiger partial charge in [-0.3, -0.25) is 9.69 Å². The van der Waals surface area contributed by atoms with Crippen LogP contribution in [0.4, 0.5) is 0 Å². The van der Waals surface area contributed by atoms with Crippen LogP contribution >= 0.6 is 0 Å². The number of ether oxygens (including phenoxy) is 1. The number of carboxylic acids is 1. The highest BCUT2D eigenvalue weighted by molar-refractivity contribution is 5.75. The molecule has 1 aromatic carbocycles. The van der Waals surface area contributed by atoms with Crippen LogP contribution in [0.2, 0.25) is 0 Å². The topological polar surface area (TPSA) is 49.8 Å². The monoisotopic (exact) mass is 251 g/mol. The first-order chi connectivity index (χ1) is 8.32. The van der Waals surface area contributed by atoms with E-state index in [1.54, 1.807) is 19.0 Å². The van der Waals surface area contributed by atoms with Crippen molar-refractivity contribution < 1.29 is 14.6 Å². The van der Waals surface area contributed by atoms with Gasteiger partial charge in [0.2, 0.25) is 0 Å². The second-order valence-corrected chi connectivity index (χ2v) is 4.90. The van der Waals surface area contributed by atoms with Crippen molar-refractivity contribution >= 4 is 5.97 Å². The van der Waals surface area contributed by atoms with Crippen LogP contribution in [0.15, 0.2) is 18.2 Å². The van der Waals surface area contributed by atoms with Crippen LogP contribution in [0.3, 0.4) is 0 Å². The van der Waals surface area contributed by atoms with Crippen LogP contribution in [0, 0.1) is 6.92 Å². The smallest absolute Gasteiger partial charge is 0.325 e. The third kappa shape index (κ3) is 3.47. The number of benzene rings is 1. The lowest BCUT2D eigenvalue weighted by atomic mass is 10.0. The number of aryl methyl sites for hydroxylation is 1. The lowest BCUT2D eigenvalue weighted by Gasteiger charge is -2.21. The molecule has 0 aliphatic rings. The van der Waals surface area contributed by atoms with E-state index in [-0.39, 0.29) is 6.10 Å². The van der Waals surface area contributed by atoms with Gasteiger partial charge >= 0.3 is 5.97 Å². The molecule has 1 N–H and O–H groups in total. The van der Waals surface area contributed by atoms with Gasteiger partial charge in [-0.05, 0) is 52.1 Å². The molecule has 0 aromatic heterocycles. The Morgan fingerprint density at radius 3 is 2.33 bits per heavy atom. The van der Waals surface area contributed by atoms with E-state index in [2.05, 4.69) is 0 Å². The summed E-state index contributed by atoms with van der Waals surface area (Å²) in [6.07, 6.45) is 0.110. The van der Waals surface area contributed by atoms with Crippen molar-refractivity contribution in [3.63, 3.8) is 0 Å². The lowest BCUT2D eigenvalue weighted by molar-refractivity contribution is -0.142. The maximum atomic E-state index is 11.2. The summed E-state index contributed by atoms with van der Waals surface area (Å²) in [6, 6.07) is 4.89. The fourth-order valence-electron chi connectivity index (χ4n) is 1.89. The SMILES string of the molecule is Cc1cc(C(C(=O)O)N(C)C)ccc1OC(C)C. The van der Waals surface area contributed by atoms with Crippen LogP contribution in [-0.2, 0) is 4.79 Å². The molecule has 0 spiro atoms.